The summed E-state index contributed by atoms with van der Waals surface area (Å²) in [6.45, 7) is 2.13. The van der Waals surface area contributed by atoms with E-state index < -0.39 is 0 Å². The molecule has 0 saturated carbocycles. The molecule has 2 rings (SSSR count). The molecule has 0 atom stereocenters. The van der Waals surface area contributed by atoms with Crippen LogP contribution in [-0.2, 0) is 0 Å². The second-order valence-corrected chi connectivity index (χ2v) is 4.25. The quantitative estimate of drug-likeness (QED) is 0.578. The molecular weight excluding hydrogens is 226 g/mol. The van der Waals surface area contributed by atoms with Crippen molar-refractivity contribution < 1.29 is 4.79 Å². The van der Waals surface area contributed by atoms with Crippen molar-refractivity contribution >= 4 is 5.78 Å². The first-order chi connectivity index (χ1) is 8.83. The molecule has 1 aromatic heterocycles. The molecule has 0 radical (unpaired) electrons. The van der Waals surface area contributed by atoms with Crippen LogP contribution >= 0.6 is 0 Å². The lowest BCUT2D eigenvalue weighted by molar-refractivity contribution is 0.0972. The van der Waals surface area contributed by atoms with Gasteiger partial charge in [-0.25, -0.2) is 4.68 Å². The van der Waals surface area contributed by atoms with Gasteiger partial charge < -0.3 is 0 Å². The Labute approximate surface area is 107 Å². The molecular formula is C14H17N3O. The van der Waals surface area contributed by atoms with Crippen molar-refractivity contribution in [2.75, 3.05) is 0 Å². The molecule has 0 aliphatic rings. The number of rotatable bonds is 6. The van der Waals surface area contributed by atoms with Gasteiger partial charge in [-0.3, -0.25) is 4.79 Å². The van der Waals surface area contributed by atoms with Gasteiger partial charge in [0.2, 0.25) is 0 Å². The largest absolute Gasteiger partial charge is 0.292 e. The van der Waals surface area contributed by atoms with Gasteiger partial charge in [0.25, 0.3) is 0 Å². The van der Waals surface area contributed by atoms with E-state index in [0.717, 1.165) is 24.9 Å². The molecule has 4 heteroatoms. The normalized spacial score (nSPS) is 10.5. The maximum absolute atomic E-state index is 12.1. The van der Waals surface area contributed by atoms with E-state index in [-0.39, 0.29) is 5.78 Å². The van der Waals surface area contributed by atoms with Gasteiger partial charge in [0.05, 0.1) is 11.9 Å². The van der Waals surface area contributed by atoms with Gasteiger partial charge in [0.1, 0.15) is 5.69 Å². The number of aromatic nitrogens is 3. The second-order valence-electron chi connectivity index (χ2n) is 4.25. The number of ketones is 1. The molecule has 0 aliphatic heterocycles. The predicted molar refractivity (Wildman–Crippen MR) is 69.8 cm³/mol. The van der Waals surface area contributed by atoms with E-state index in [0.29, 0.717) is 12.1 Å². The Morgan fingerprint density at radius 2 is 2.00 bits per heavy atom. The first-order valence-electron chi connectivity index (χ1n) is 6.32. The van der Waals surface area contributed by atoms with E-state index >= 15 is 0 Å². The van der Waals surface area contributed by atoms with Gasteiger partial charge in [-0.2, -0.15) is 0 Å². The maximum atomic E-state index is 12.1. The monoisotopic (exact) mass is 243 g/mol. The lowest BCUT2D eigenvalue weighted by atomic mass is 10.1. The van der Waals surface area contributed by atoms with Crippen LogP contribution in [0.15, 0.2) is 36.5 Å². The van der Waals surface area contributed by atoms with Crippen molar-refractivity contribution in [2.24, 2.45) is 0 Å². The summed E-state index contributed by atoms with van der Waals surface area (Å²) in [7, 11) is 0. The average Bonchev–Trinajstić information content (AvgIpc) is 2.89. The molecule has 4 nitrogen and oxygen atoms in total. The van der Waals surface area contributed by atoms with Gasteiger partial charge in [0.15, 0.2) is 5.78 Å². The number of nitrogens with zero attached hydrogens (tertiary/aromatic N) is 3. The minimum absolute atomic E-state index is 0.109. The highest BCUT2D eigenvalue weighted by molar-refractivity contribution is 5.94. The minimum atomic E-state index is 0.109. The van der Waals surface area contributed by atoms with E-state index in [9.17, 15) is 4.79 Å². The van der Waals surface area contributed by atoms with E-state index in [1.165, 1.54) is 0 Å². The smallest absolute Gasteiger partial charge is 0.182 e. The van der Waals surface area contributed by atoms with Crippen LogP contribution in [-0.4, -0.2) is 20.8 Å². The summed E-state index contributed by atoms with van der Waals surface area (Å²) in [4.78, 5) is 12.1. The summed E-state index contributed by atoms with van der Waals surface area (Å²) in [6.07, 6.45) is 5.23. The van der Waals surface area contributed by atoms with Crippen molar-refractivity contribution in [1.29, 1.82) is 0 Å². The Morgan fingerprint density at radius 1 is 1.22 bits per heavy atom. The lowest BCUT2D eigenvalue weighted by Gasteiger charge is -2.04. The van der Waals surface area contributed by atoms with E-state index in [4.69, 9.17) is 0 Å². The Morgan fingerprint density at radius 3 is 2.72 bits per heavy atom. The number of carbonyl (C=O) groups excluding carboxylic acids is 1. The van der Waals surface area contributed by atoms with Crippen LogP contribution in [0.25, 0.3) is 5.69 Å². The predicted octanol–water partition coefficient (Wildman–Crippen LogP) is 3.03. The van der Waals surface area contributed by atoms with Crippen LogP contribution in [0.2, 0.25) is 0 Å². The Hall–Kier alpha value is -1.97. The molecule has 0 spiro atoms. The molecule has 94 valence electrons. The fraction of sp³-hybridized carbons (Fsp3) is 0.357. The van der Waals surface area contributed by atoms with Crippen molar-refractivity contribution in [3.05, 3.63) is 42.2 Å². The lowest BCUT2D eigenvalue weighted by Crippen LogP contribution is -2.08. The number of Topliss-reactive ketones (excluding diaryl/α,β-unsaturated/α-hetero) is 1. The number of carbonyl (C=O) groups is 1. The van der Waals surface area contributed by atoms with Crippen LogP contribution in [0, 0.1) is 0 Å². The Bertz CT molecular complexity index is 505. The van der Waals surface area contributed by atoms with Crippen LogP contribution in [0.3, 0.4) is 0 Å². The third kappa shape index (κ3) is 2.83. The summed E-state index contributed by atoms with van der Waals surface area (Å²) in [5.41, 5.74) is 1.44. The van der Waals surface area contributed by atoms with Crippen LogP contribution < -0.4 is 0 Å². The van der Waals surface area contributed by atoms with E-state index in [1.807, 2.05) is 30.3 Å². The first-order valence-corrected chi connectivity index (χ1v) is 6.32. The molecule has 0 fully saturated rings. The molecule has 0 bridgehead atoms. The van der Waals surface area contributed by atoms with Gasteiger partial charge in [0, 0.05) is 6.42 Å². The van der Waals surface area contributed by atoms with Crippen molar-refractivity contribution in [3.8, 4) is 5.69 Å². The standard InChI is InChI=1S/C14H17N3O/c1-2-3-5-10-14(18)13-11-15-16-17(13)12-8-6-4-7-9-12/h4,6-9,11H,2-3,5,10H2,1H3. The zero-order valence-electron chi connectivity index (χ0n) is 10.5. The molecule has 1 heterocycles. The molecule has 2 aromatic rings. The number of para-hydroxylation sites is 1. The molecule has 1 aromatic carbocycles. The molecule has 0 aliphatic carbocycles. The third-order valence-corrected chi connectivity index (χ3v) is 2.84. The van der Waals surface area contributed by atoms with Crippen molar-refractivity contribution in [1.82, 2.24) is 15.0 Å². The second kappa shape index (κ2) is 6.10. The third-order valence-electron chi connectivity index (χ3n) is 2.84. The zero-order valence-corrected chi connectivity index (χ0v) is 10.5. The average molecular weight is 243 g/mol. The fourth-order valence-electron chi connectivity index (χ4n) is 1.85. The van der Waals surface area contributed by atoms with Gasteiger partial charge in [-0.05, 0) is 18.6 Å². The molecule has 0 saturated heterocycles. The summed E-state index contributed by atoms with van der Waals surface area (Å²) < 4.78 is 1.61. The number of unbranched alkanes of at least 4 members (excludes halogenated alkanes) is 2. The highest BCUT2D eigenvalue weighted by atomic mass is 16.1. The van der Waals surface area contributed by atoms with E-state index in [1.54, 1.807) is 10.9 Å². The number of hydrogen-bond acceptors (Lipinski definition) is 3. The van der Waals surface area contributed by atoms with Gasteiger partial charge in [-0.15, -0.1) is 5.10 Å². The van der Waals surface area contributed by atoms with E-state index in [2.05, 4.69) is 17.2 Å². The SMILES string of the molecule is CCCCCC(=O)c1cnnn1-c1ccccc1. The summed E-state index contributed by atoms with van der Waals surface area (Å²) >= 11 is 0. The molecule has 0 unspecified atom stereocenters. The Kier molecular flexibility index (Phi) is 4.23. The summed E-state index contributed by atoms with van der Waals surface area (Å²) in [5, 5.41) is 7.82. The van der Waals surface area contributed by atoms with Crippen LogP contribution in [0.5, 0.6) is 0 Å². The summed E-state index contributed by atoms with van der Waals surface area (Å²) in [5.74, 6) is 0.109. The van der Waals surface area contributed by atoms with Crippen LogP contribution in [0.4, 0.5) is 0 Å². The summed E-state index contributed by atoms with van der Waals surface area (Å²) in [6, 6.07) is 9.60. The Balaban J connectivity index is 2.15. The zero-order chi connectivity index (χ0) is 12.8. The maximum Gasteiger partial charge on any atom is 0.182 e. The van der Waals surface area contributed by atoms with Crippen molar-refractivity contribution in [2.45, 2.75) is 32.6 Å². The van der Waals surface area contributed by atoms with Gasteiger partial charge in [-0.1, -0.05) is 43.2 Å². The highest BCUT2D eigenvalue weighted by Gasteiger charge is 2.13. The molecule has 0 amide bonds. The van der Waals surface area contributed by atoms with Crippen LogP contribution in [0.1, 0.15) is 43.1 Å². The number of hydrogen-bond donors (Lipinski definition) is 0. The first kappa shape index (κ1) is 12.5. The molecule has 0 N–H and O–H groups in total. The molecule has 18 heavy (non-hydrogen) atoms. The van der Waals surface area contributed by atoms with Crippen molar-refractivity contribution in [3.63, 3.8) is 0 Å². The fourth-order valence-corrected chi connectivity index (χ4v) is 1.85. The minimum Gasteiger partial charge on any atom is -0.292 e. The number of benzene rings is 1. The topological polar surface area (TPSA) is 47.8 Å². The van der Waals surface area contributed by atoms with Gasteiger partial charge >= 0.3 is 0 Å². The highest BCUT2D eigenvalue weighted by Crippen LogP contribution is 2.12.